The van der Waals surface area contributed by atoms with E-state index in [4.69, 9.17) is 28.9 Å². The Kier molecular flexibility index (Phi) is 4.25. The maximum absolute atomic E-state index is 6.27. The average Bonchev–Trinajstić information content (AvgIpc) is 2.96. The third kappa shape index (κ3) is 3.42. The van der Waals surface area contributed by atoms with Crippen LogP contribution in [0.1, 0.15) is 0 Å². The number of nitrogens with zero attached hydrogens (tertiary/aromatic N) is 3. The van der Waals surface area contributed by atoms with Gasteiger partial charge in [0.05, 0.1) is 21.7 Å². The summed E-state index contributed by atoms with van der Waals surface area (Å²) in [6.07, 6.45) is 0. The molecule has 0 bridgehead atoms. The zero-order valence-corrected chi connectivity index (χ0v) is 15.0. The molecule has 0 spiro atoms. The van der Waals surface area contributed by atoms with Crippen molar-refractivity contribution in [3.8, 4) is 11.3 Å². The predicted octanol–water partition coefficient (Wildman–Crippen LogP) is 5.06. The minimum Gasteiger partial charge on any atom is -0.368 e. The summed E-state index contributed by atoms with van der Waals surface area (Å²) in [5.41, 5.74) is 9.11. The van der Waals surface area contributed by atoms with Crippen LogP contribution in [0.3, 0.4) is 0 Å². The first kappa shape index (κ1) is 16.2. The normalized spacial score (nSPS) is 11.1. The number of rotatable bonds is 3. The van der Waals surface area contributed by atoms with Crippen LogP contribution in [0, 0.1) is 0 Å². The molecule has 0 unspecified atom stereocenters. The third-order valence-electron chi connectivity index (χ3n) is 3.50. The van der Waals surface area contributed by atoms with Crippen LogP contribution in [-0.2, 0) is 0 Å². The molecule has 0 saturated heterocycles. The molecule has 5 nitrogen and oxygen atoms in total. The number of para-hydroxylation sites is 2. The molecule has 3 N–H and O–H groups in total. The molecule has 4 aromatic rings. The standard InChI is InChI=1S/C17H11Cl2N5S/c18-9-5-6-10(11(19)7-9)14-8-15(24-16(20)21-14)25-17-22-12-3-1-2-4-13(12)23-17/h1-8H,(H,22,23)(H2,20,21,24). The second kappa shape index (κ2) is 6.55. The number of benzene rings is 2. The van der Waals surface area contributed by atoms with Crippen molar-refractivity contribution in [1.82, 2.24) is 19.9 Å². The summed E-state index contributed by atoms with van der Waals surface area (Å²) in [6.45, 7) is 0. The highest BCUT2D eigenvalue weighted by Gasteiger charge is 2.12. The maximum atomic E-state index is 6.27. The number of aromatic amines is 1. The van der Waals surface area contributed by atoms with Crippen LogP contribution in [-0.4, -0.2) is 19.9 Å². The minimum atomic E-state index is 0.169. The van der Waals surface area contributed by atoms with E-state index in [-0.39, 0.29) is 5.95 Å². The van der Waals surface area contributed by atoms with Crippen LogP contribution in [0.4, 0.5) is 5.95 Å². The molecule has 124 valence electrons. The molecule has 4 rings (SSSR count). The quantitative estimate of drug-likeness (QED) is 0.480. The molecule has 25 heavy (non-hydrogen) atoms. The summed E-state index contributed by atoms with van der Waals surface area (Å²) in [5, 5.41) is 2.47. The Morgan fingerprint density at radius 2 is 1.80 bits per heavy atom. The number of nitrogens with two attached hydrogens (primary N) is 1. The van der Waals surface area contributed by atoms with Crippen LogP contribution < -0.4 is 5.73 Å². The Labute approximate surface area is 157 Å². The number of nitrogens with one attached hydrogen (secondary N) is 1. The molecule has 2 heterocycles. The van der Waals surface area contributed by atoms with E-state index in [0.29, 0.717) is 20.8 Å². The Hall–Kier alpha value is -2.28. The Bertz CT molecular complexity index is 1050. The molecule has 0 atom stereocenters. The van der Waals surface area contributed by atoms with E-state index in [0.717, 1.165) is 21.8 Å². The van der Waals surface area contributed by atoms with Crippen LogP contribution in [0.15, 0.2) is 58.7 Å². The Morgan fingerprint density at radius 3 is 2.60 bits per heavy atom. The highest BCUT2D eigenvalue weighted by atomic mass is 35.5. The fraction of sp³-hybridized carbons (Fsp3) is 0. The Morgan fingerprint density at radius 1 is 0.960 bits per heavy atom. The van der Waals surface area contributed by atoms with Crippen LogP contribution in [0.5, 0.6) is 0 Å². The summed E-state index contributed by atoms with van der Waals surface area (Å²) in [7, 11) is 0. The molecule has 0 aliphatic rings. The van der Waals surface area contributed by atoms with Gasteiger partial charge in [0.2, 0.25) is 5.95 Å². The molecule has 0 amide bonds. The number of imidazole rings is 1. The molecule has 2 aromatic heterocycles. The van der Waals surface area contributed by atoms with Crippen LogP contribution in [0.25, 0.3) is 22.3 Å². The lowest BCUT2D eigenvalue weighted by Gasteiger charge is -2.07. The lowest BCUT2D eigenvalue weighted by molar-refractivity contribution is 1.04. The van der Waals surface area contributed by atoms with E-state index in [9.17, 15) is 0 Å². The summed E-state index contributed by atoms with van der Waals surface area (Å²) >= 11 is 13.6. The zero-order valence-electron chi connectivity index (χ0n) is 12.7. The van der Waals surface area contributed by atoms with Gasteiger partial charge in [-0.3, -0.25) is 0 Å². The minimum absolute atomic E-state index is 0.169. The van der Waals surface area contributed by atoms with Crippen molar-refractivity contribution in [2.24, 2.45) is 0 Å². The highest BCUT2D eigenvalue weighted by molar-refractivity contribution is 7.99. The molecule has 0 radical (unpaired) electrons. The van der Waals surface area contributed by atoms with Crippen molar-refractivity contribution in [2.45, 2.75) is 10.2 Å². The van der Waals surface area contributed by atoms with Gasteiger partial charge in [-0.25, -0.2) is 15.0 Å². The third-order valence-corrected chi connectivity index (χ3v) is 4.85. The largest absolute Gasteiger partial charge is 0.368 e. The Balaban J connectivity index is 1.71. The molecule has 2 aromatic carbocycles. The first-order chi connectivity index (χ1) is 12.1. The lowest BCUT2D eigenvalue weighted by Crippen LogP contribution is -1.98. The lowest BCUT2D eigenvalue weighted by atomic mass is 10.1. The monoisotopic (exact) mass is 387 g/mol. The molecule has 0 fully saturated rings. The summed E-state index contributed by atoms with van der Waals surface area (Å²) in [6, 6.07) is 14.9. The number of hydrogen-bond acceptors (Lipinski definition) is 5. The van der Waals surface area contributed by atoms with Crippen molar-refractivity contribution >= 4 is 51.9 Å². The van der Waals surface area contributed by atoms with E-state index in [1.807, 2.05) is 36.4 Å². The topological polar surface area (TPSA) is 80.5 Å². The average molecular weight is 388 g/mol. The number of hydrogen-bond donors (Lipinski definition) is 2. The first-order valence-corrected chi connectivity index (χ1v) is 8.88. The van der Waals surface area contributed by atoms with E-state index in [1.165, 1.54) is 11.8 Å². The van der Waals surface area contributed by atoms with E-state index in [1.54, 1.807) is 12.1 Å². The SMILES string of the molecule is Nc1nc(Sc2nc3ccccc3[nH]2)cc(-c2ccc(Cl)cc2Cl)n1. The summed E-state index contributed by atoms with van der Waals surface area (Å²) in [5.74, 6) is 0.169. The fourth-order valence-corrected chi connectivity index (χ4v) is 3.73. The number of halogens is 2. The van der Waals surface area contributed by atoms with Gasteiger partial charge in [0.25, 0.3) is 0 Å². The predicted molar refractivity (Wildman–Crippen MR) is 102 cm³/mol. The van der Waals surface area contributed by atoms with Gasteiger partial charge in [-0.15, -0.1) is 0 Å². The van der Waals surface area contributed by atoms with Gasteiger partial charge in [-0.2, -0.15) is 0 Å². The van der Waals surface area contributed by atoms with Gasteiger partial charge >= 0.3 is 0 Å². The molecular weight excluding hydrogens is 377 g/mol. The smallest absolute Gasteiger partial charge is 0.221 e. The fourth-order valence-electron chi connectivity index (χ4n) is 2.41. The van der Waals surface area contributed by atoms with Crippen molar-refractivity contribution in [1.29, 1.82) is 0 Å². The second-order valence-corrected chi connectivity index (χ2v) is 7.09. The van der Waals surface area contributed by atoms with Gasteiger partial charge in [-0.1, -0.05) is 35.3 Å². The molecule has 8 heteroatoms. The number of fused-ring (bicyclic) bond motifs is 1. The van der Waals surface area contributed by atoms with Crippen molar-refractivity contribution in [3.63, 3.8) is 0 Å². The molecule has 0 saturated carbocycles. The summed E-state index contributed by atoms with van der Waals surface area (Å²) < 4.78 is 0. The molecule has 0 aliphatic carbocycles. The number of aromatic nitrogens is 4. The number of anilines is 1. The molecular formula is C17H11Cl2N5S. The van der Waals surface area contributed by atoms with Crippen LogP contribution in [0.2, 0.25) is 10.0 Å². The van der Waals surface area contributed by atoms with Crippen molar-refractivity contribution in [3.05, 3.63) is 58.6 Å². The van der Waals surface area contributed by atoms with Gasteiger partial charge in [-0.05, 0) is 48.2 Å². The van der Waals surface area contributed by atoms with Gasteiger partial charge in [0.15, 0.2) is 5.16 Å². The van der Waals surface area contributed by atoms with E-state index < -0.39 is 0 Å². The number of H-pyrrole nitrogens is 1. The zero-order chi connectivity index (χ0) is 17.4. The van der Waals surface area contributed by atoms with E-state index >= 15 is 0 Å². The number of nitrogen functional groups attached to an aromatic ring is 1. The van der Waals surface area contributed by atoms with Crippen LogP contribution >= 0.6 is 35.0 Å². The van der Waals surface area contributed by atoms with Gasteiger partial charge in [0, 0.05) is 10.6 Å². The van der Waals surface area contributed by atoms with Crippen molar-refractivity contribution < 1.29 is 0 Å². The second-order valence-electron chi connectivity index (χ2n) is 5.23. The van der Waals surface area contributed by atoms with Crippen molar-refractivity contribution in [2.75, 3.05) is 5.73 Å². The highest BCUT2D eigenvalue weighted by Crippen LogP contribution is 2.33. The van der Waals surface area contributed by atoms with Gasteiger partial charge < -0.3 is 10.7 Å². The molecule has 0 aliphatic heterocycles. The summed E-state index contributed by atoms with van der Waals surface area (Å²) in [4.78, 5) is 16.3. The first-order valence-electron chi connectivity index (χ1n) is 7.31. The van der Waals surface area contributed by atoms with Gasteiger partial charge in [0.1, 0.15) is 5.03 Å². The van der Waals surface area contributed by atoms with E-state index in [2.05, 4.69) is 19.9 Å². The maximum Gasteiger partial charge on any atom is 0.221 e.